The zero-order chi connectivity index (χ0) is 41.0. The van der Waals surface area contributed by atoms with Gasteiger partial charge < -0.3 is 0 Å². The molecular weight excluding hydrogens is 721 g/mol. The Morgan fingerprint density at radius 1 is 0.300 bits per heavy atom. The summed E-state index contributed by atoms with van der Waals surface area (Å²) < 4.78 is 0. The molecule has 60 heavy (non-hydrogen) atoms. The highest BCUT2D eigenvalue weighted by molar-refractivity contribution is 6.19. The first-order valence-electron chi connectivity index (χ1n) is 21.9. The molecule has 0 bridgehead atoms. The van der Waals surface area contributed by atoms with E-state index in [0.717, 1.165) is 0 Å². The van der Waals surface area contributed by atoms with Gasteiger partial charge in [-0.05, 0) is 175 Å². The molecule has 9 aromatic rings. The fraction of sp³-hybridized carbons (Fsp3) is 0.200. The van der Waals surface area contributed by atoms with Crippen molar-refractivity contribution in [3.05, 3.63) is 191 Å². The maximum atomic E-state index is 2.50. The van der Waals surface area contributed by atoms with E-state index >= 15 is 0 Å². The second kappa shape index (κ2) is 11.9. The van der Waals surface area contributed by atoms with Gasteiger partial charge in [0.05, 0.1) is 0 Å². The summed E-state index contributed by atoms with van der Waals surface area (Å²) >= 11 is 0. The smallest absolute Gasteiger partial charge is 0.0159 e. The van der Waals surface area contributed by atoms with Crippen molar-refractivity contribution in [1.82, 2.24) is 0 Å². The van der Waals surface area contributed by atoms with Crippen LogP contribution in [0.25, 0.3) is 88.0 Å². The number of benzene rings is 9. The van der Waals surface area contributed by atoms with Gasteiger partial charge in [0.2, 0.25) is 0 Å². The summed E-state index contributed by atoms with van der Waals surface area (Å²) in [7, 11) is 0. The number of hydrogen-bond acceptors (Lipinski definition) is 0. The largest absolute Gasteiger partial charge is 0.0619 e. The molecule has 0 unspecified atom stereocenters. The molecule has 0 aliphatic heterocycles. The van der Waals surface area contributed by atoms with E-state index < -0.39 is 0 Å². The van der Waals surface area contributed by atoms with E-state index in [1.165, 1.54) is 127 Å². The molecule has 0 heterocycles. The first kappa shape index (κ1) is 35.7. The fourth-order valence-corrected chi connectivity index (χ4v) is 11.8. The van der Waals surface area contributed by atoms with Crippen molar-refractivity contribution in [2.75, 3.05) is 0 Å². The molecule has 0 amide bonds. The molecule has 290 valence electrons. The van der Waals surface area contributed by atoms with Gasteiger partial charge in [-0.15, -0.1) is 0 Å². The van der Waals surface area contributed by atoms with Gasteiger partial charge in [0.1, 0.15) is 0 Å². The van der Waals surface area contributed by atoms with E-state index in [1.54, 1.807) is 0 Å². The predicted octanol–water partition coefficient (Wildman–Crippen LogP) is 16.5. The highest BCUT2D eigenvalue weighted by atomic mass is 14.4. The molecule has 3 aliphatic rings. The average molecular weight is 771 g/mol. The minimum atomic E-state index is -0.135. The zero-order valence-electron chi connectivity index (χ0n) is 36.0. The summed E-state index contributed by atoms with van der Waals surface area (Å²) in [5.74, 6) is 0.399. The van der Waals surface area contributed by atoms with Gasteiger partial charge in [0.25, 0.3) is 0 Å². The van der Waals surface area contributed by atoms with Crippen LogP contribution in [0, 0.1) is 0 Å². The maximum absolute atomic E-state index is 2.50. The van der Waals surface area contributed by atoms with Gasteiger partial charge in [-0.3, -0.25) is 0 Å². The second-order valence-electron chi connectivity index (χ2n) is 19.9. The monoisotopic (exact) mass is 770 g/mol. The van der Waals surface area contributed by atoms with Crippen molar-refractivity contribution in [3.8, 4) is 55.6 Å². The van der Waals surface area contributed by atoms with Crippen LogP contribution in [0.3, 0.4) is 0 Å². The summed E-state index contributed by atoms with van der Waals surface area (Å²) in [5.41, 5.74) is 23.1. The normalized spacial score (nSPS) is 15.9. The molecule has 0 heteroatoms. The van der Waals surface area contributed by atoms with Gasteiger partial charge >= 0.3 is 0 Å². The van der Waals surface area contributed by atoms with E-state index in [4.69, 9.17) is 0 Å². The van der Waals surface area contributed by atoms with E-state index in [0.29, 0.717) is 5.92 Å². The van der Waals surface area contributed by atoms with Crippen LogP contribution in [0.4, 0.5) is 0 Å². The maximum Gasteiger partial charge on any atom is 0.0159 e. The SMILES string of the molecule is CC(C)c1cc2c3cc4c(cc3ccc2c2cc(-c3ccc5c(c3)C(C)(C)c3cc(-c6ccc7c(c6)C(C)(C)c6ccccc6-7)ccc3-5)ccc12)C(C)(C)c1ccccc1-4. The van der Waals surface area contributed by atoms with Crippen molar-refractivity contribution in [2.45, 2.75) is 77.6 Å². The van der Waals surface area contributed by atoms with Gasteiger partial charge in [0, 0.05) is 16.2 Å². The Bertz CT molecular complexity index is 3360. The van der Waals surface area contributed by atoms with Crippen molar-refractivity contribution in [1.29, 1.82) is 0 Å². The van der Waals surface area contributed by atoms with Crippen molar-refractivity contribution >= 4 is 32.3 Å². The lowest BCUT2D eigenvalue weighted by Gasteiger charge is -2.23. The Hall–Kier alpha value is -6.24. The second-order valence-corrected chi connectivity index (χ2v) is 19.9. The molecule has 0 N–H and O–H groups in total. The molecule has 0 nitrogen and oxygen atoms in total. The van der Waals surface area contributed by atoms with Crippen molar-refractivity contribution < 1.29 is 0 Å². The Morgan fingerprint density at radius 2 is 0.717 bits per heavy atom. The van der Waals surface area contributed by atoms with Gasteiger partial charge in [0.15, 0.2) is 0 Å². The molecular formula is C60H50. The Balaban J connectivity index is 0.959. The third kappa shape index (κ3) is 4.68. The van der Waals surface area contributed by atoms with E-state index in [1.807, 2.05) is 0 Å². The number of rotatable bonds is 3. The Labute approximate surface area is 354 Å². The van der Waals surface area contributed by atoms with Gasteiger partial charge in [-0.2, -0.15) is 0 Å². The first-order chi connectivity index (χ1) is 28.8. The number of fused-ring (bicyclic) bond motifs is 14. The Kier molecular flexibility index (Phi) is 7.11. The van der Waals surface area contributed by atoms with Crippen LogP contribution in [-0.2, 0) is 16.2 Å². The molecule has 0 spiro atoms. The van der Waals surface area contributed by atoms with Crippen molar-refractivity contribution in [3.63, 3.8) is 0 Å². The van der Waals surface area contributed by atoms with Crippen LogP contribution < -0.4 is 0 Å². The minimum Gasteiger partial charge on any atom is -0.0619 e. The van der Waals surface area contributed by atoms with E-state index in [-0.39, 0.29) is 16.2 Å². The molecule has 0 saturated heterocycles. The van der Waals surface area contributed by atoms with E-state index in [2.05, 4.69) is 207 Å². The topological polar surface area (TPSA) is 0 Å². The van der Waals surface area contributed by atoms with Crippen LogP contribution in [-0.4, -0.2) is 0 Å². The minimum absolute atomic E-state index is 0.0162. The van der Waals surface area contributed by atoms with Crippen LogP contribution in [0.2, 0.25) is 0 Å². The summed E-state index contributed by atoms with van der Waals surface area (Å²) in [6, 6.07) is 58.9. The standard InChI is InChI=1S/C60H50/c1-34(2)47-32-50-41(23-21-39-31-57-51(33-48(39)50)43-14-10-12-16-53(43)59(57,5)6)49-27-35(17-22-40(47)49)36-18-25-45-46-26-20-38(30-56(46)60(7,8)55(45)28-36)37-19-24-44-42-13-9-11-15-52(42)58(3,4)54(44)29-37/h9-34H,1-8H3. The highest BCUT2D eigenvalue weighted by Gasteiger charge is 2.38. The summed E-state index contributed by atoms with van der Waals surface area (Å²) in [4.78, 5) is 0. The summed E-state index contributed by atoms with van der Waals surface area (Å²) in [6.07, 6.45) is 0. The fourth-order valence-electron chi connectivity index (χ4n) is 11.8. The van der Waals surface area contributed by atoms with Crippen LogP contribution >= 0.6 is 0 Å². The molecule has 0 aromatic heterocycles. The lowest BCUT2D eigenvalue weighted by molar-refractivity contribution is 0.659. The van der Waals surface area contributed by atoms with Crippen LogP contribution in [0.15, 0.2) is 152 Å². The van der Waals surface area contributed by atoms with Gasteiger partial charge in [-0.25, -0.2) is 0 Å². The summed E-state index contributed by atoms with van der Waals surface area (Å²) in [5, 5.41) is 8.04. The van der Waals surface area contributed by atoms with Crippen LogP contribution in [0.5, 0.6) is 0 Å². The predicted molar refractivity (Wildman–Crippen MR) is 257 cm³/mol. The zero-order valence-corrected chi connectivity index (χ0v) is 36.0. The molecule has 0 fully saturated rings. The first-order valence-corrected chi connectivity index (χ1v) is 21.9. The average Bonchev–Trinajstić information content (AvgIpc) is 3.73. The summed E-state index contributed by atoms with van der Waals surface area (Å²) in [6.45, 7) is 19.0. The highest BCUT2D eigenvalue weighted by Crippen LogP contribution is 2.54. The lowest BCUT2D eigenvalue weighted by atomic mass is 9.80. The molecule has 0 atom stereocenters. The third-order valence-corrected chi connectivity index (χ3v) is 15.2. The molecule has 9 aromatic carbocycles. The molecule has 3 aliphatic carbocycles. The molecule has 0 saturated carbocycles. The number of hydrogen-bond donors (Lipinski definition) is 0. The molecule has 12 rings (SSSR count). The lowest BCUT2D eigenvalue weighted by Crippen LogP contribution is -2.15. The molecule has 0 radical (unpaired) electrons. The Morgan fingerprint density at radius 3 is 1.27 bits per heavy atom. The van der Waals surface area contributed by atoms with Crippen LogP contribution in [0.1, 0.15) is 100 Å². The third-order valence-electron chi connectivity index (χ3n) is 15.2. The quantitative estimate of drug-likeness (QED) is 0.157. The van der Waals surface area contributed by atoms with Crippen molar-refractivity contribution in [2.24, 2.45) is 0 Å². The van der Waals surface area contributed by atoms with E-state index in [9.17, 15) is 0 Å². The van der Waals surface area contributed by atoms with Gasteiger partial charge in [-0.1, -0.05) is 165 Å².